The second-order valence-electron chi connectivity index (χ2n) is 5.17. The number of rotatable bonds is 3. The Morgan fingerprint density at radius 3 is 2.48 bits per heavy atom. The second kappa shape index (κ2) is 5.16. The highest BCUT2D eigenvalue weighted by Crippen LogP contribution is 2.40. The van der Waals surface area contributed by atoms with Crippen LogP contribution < -0.4 is 0 Å². The Morgan fingerprint density at radius 1 is 1.24 bits per heavy atom. The van der Waals surface area contributed by atoms with Crippen molar-refractivity contribution in [2.45, 2.75) is 25.7 Å². The molecule has 1 aromatic rings. The van der Waals surface area contributed by atoms with Gasteiger partial charge in [0.2, 0.25) is 0 Å². The molecular formula is C16H15FO4. The number of allylic oxidation sites excluding steroid dienone is 2. The van der Waals surface area contributed by atoms with Gasteiger partial charge in [-0.1, -0.05) is 24.3 Å². The molecule has 0 saturated heterocycles. The number of hydrogen-bond acceptors (Lipinski definition) is 2. The van der Waals surface area contributed by atoms with Crippen molar-refractivity contribution in [1.29, 1.82) is 0 Å². The van der Waals surface area contributed by atoms with E-state index in [0.717, 1.165) is 0 Å². The van der Waals surface area contributed by atoms with Crippen LogP contribution in [0.25, 0.3) is 0 Å². The molecule has 1 aliphatic carbocycles. The minimum Gasteiger partial charge on any atom is -0.480 e. The minimum atomic E-state index is -1.56. The predicted octanol–water partition coefficient (Wildman–Crippen LogP) is 2.82. The third kappa shape index (κ3) is 2.35. The molecule has 1 aliphatic rings. The molecule has 0 saturated carbocycles. The number of hydrogen-bond donors (Lipinski definition) is 2. The molecule has 4 nitrogen and oxygen atoms in total. The normalized spacial score (nSPS) is 21.5. The number of aliphatic carboxylic acids is 2. The van der Waals surface area contributed by atoms with Crippen LogP contribution in [0, 0.1) is 12.7 Å². The van der Waals surface area contributed by atoms with E-state index in [1.54, 1.807) is 6.92 Å². The van der Waals surface area contributed by atoms with E-state index in [9.17, 15) is 24.2 Å². The highest BCUT2D eigenvalue weighted by molar-refractivity contribution is 5.94. The predicted molar refractivity (Wildman–Crippen MR) is 74.5 cm³/mol. The third-order valence-electron chi connectivity index (χ3n) is 3.94. The molecule has 1 aromatic carbocycles. The lowest BCUT2D eigenvalue weighted by atomic mass is 9.70. The van der Waals surface area contributed by atoms with Gasteiger partial charge in [-0.2, -0.15) is 0 Å². The summed E-state index contributed by atoms with van der Waals surface area (Å²) in [7, 11) is 0. The number of halogens is 1. The molecule has 0 fully saturated rings. The Bertz CT molecular complexity index is 688. The summed E-state index contributed by atoms with van der Waals surface area (Å²) in [6.07, 6.45) is 2.72. The van der Waals surface area contributed by atoms with Crippen molar-refractivity contribution in [3.63, 3.8) is 0 Å². The van der Waals surface area contributed by atoms with Gasteiger partial charge in [-0.25, -0.2) is 9.18 Å². The van der Waals surface area contributed by atoms with Gasteiger partial charge in [-0.3, -0.25) is 4.79 Å². The molecular weight excluding hydrogens is 275 g/mol. The van der Waals surface area contributed by atoms with Crippen molar-refractivity contribution in [3.05, 3.63) is 58.4 Å². The molecule has 1 unspecified atom stereocenters. The molecule has 2 rings (SSSR count). The van der Waals surface area contributed by atoms with Gasteiger partial charge in [0, 0.05) is 12.0 Å². The number of benzene rings is 1. The van der Waals surface area contributed by atoms with Crippen molar-refractivity contribution >= 4 is 11.9 Å². The van der Waals surface area contributed by atoms with Crippen LogP contribution in [0.1, 0.15) is 24.5 Å². The smallest absolute Gasteiger partial charge is 0.331 e. The zero-order valence-electron chi connectivity index (χ0n) is 11.7. The fraction of sp³-hybridized carbons (Fsp3) is 0.250. The second-order valence-corrected chi connectivity index (χ2v) is 5.17. The van der Waals surface area contributed by atoms with E-state index in [2.05, 4.69) is 0 Å². The van der Waals surface area contributed by atoms with E-state index in [1.165, 1.54) is 37.3 Å². The minimum absolute atomic E-state index is 0.0311. The molecule has 5 heteroatoms. The summed E-state index contributed by atoms with van der Waals surface area (Å²) in [5.41, 5.74) is -0.525. The highest BCUT2D eigenvalue weighted by Gasteiger charge is 2.43. The summed E-state index contributed by atoms with van der Waals surface area (Å²) < 4.78 is 13.8. The van der Waals surface area contributed by atoms with Crippen molar-refractivity contribution in [2.24, 2.45) is 0 Å². The first-order valence-corrected chi connectivity index (χ1v) is 6.41. The molecule has 2 N–H and O–H groups in total. The first-order chi connectivity index (χ1) is 9.79. The molecule has 0 heterocycles. The van der Waals surface area contributed by atoms with Crippen LogP contribution in [0.2, 0.25) is 0 Å². The lowest BCUT2D eigenvalue weighted by molar-refractivity contribution is -0.142. The molecule has 0 bridgehead atoms. The van der Waals surface area contributed by atoms with Gasteiger partial charge in [0.1, 0.15) is 11.2 Å². The summed E-state index contributed by atoms with van der Waals surface area (Å²) in [6, 6.07) is 4.21. The first-order valence-electron chi connectivity index (χ1n) is 6.41. The van der Waals surface area contributed by atoms with Gasteiger partial charge in [0.25, 0.3) is 0 Å². The average molecular weight is 290 g/mol. The average Bonchev–Trinajstić information content (AvgIpc) is 2.42. The summed E-state index contributed by atoms with van der Waals surface area (Å²) in [6.45, 7) is 3.11. The SMILES string of the molecule is CC1=C(C(=O)O)CC(C(=O)O)(c2cccc(F)c2C)C=C1. The van der Waals surface area contributed by atoms with E-state index in [0.29, 0.717) is 5.57 Å². The van der Waals surface area contributed by atoms with E-state index in [-0.39, 0.29) is 23.1 Å². The van der Waals surface area contributed by atoms with Crippen LogP contribution in [0.15, 0.2) is 41.5 Å². The standard InChI is InChI=1S/C16H15FO4/c1-9-6-7-16(15(20)21,8-11(9)14(18)19)12-4-3-5-13(17)10(12)2/h3-7H,8H2,1-2H3,(H,18,19)(H,20,21). The van der Waals surface area contributed by atoms with Gasteiger partial charge in [-0.05, 0) is 36.6 Å². The van der Waals surface area contributed by atoms with Crippen molar-refractivity contribution < 1.29 is 24.2 Å². The Kier molecular flexibility index (Phi) is 3.68. The lowest BCUT2D eigenvalue weighted by Gasteiger charge is -2.31. The molecule has 0 radical (unpaired) electrons. The maximum absolute atomic E-state index is 13.8. The molecule has 0 spiro atoms. The molecule has 1 atom stereocenters. The molecule has 110 valence electrons. The van der Waals surface area contributed by atoms with Gasteiger partial charge in [0.05, 0.1) is 0 Å². The quantitative estimate of drug-likeness (QED) is 0.897. The van der Waals surface area contributed by atoms with Crippen molar-refractivity contribution in [1.82, 2.24) is 0 Å². The van der Waals surface area contributed by atoms with Crippen molar-refractivity contribution in [2.75, 3.05) is 0 Å². The van der Waals surface area contributed by atoms with Crippen LogP contribution in [0.3, 0.4) is 0 Å². The topological polar surface area (TPSA) is 74.6 Å². The van der Waals surface area contributed by atoms with Gasteiger partial charge >= 0.3 is 11.9 Å². The highest BCUT2D eigenvalue weighted by atomic mass is 19.1. The number of carboxylic acids is 2. The maximum atomic E-state index is 13.8. The van der Waals surface area contributed by atoms with Gasteiger partial charge in [-0.15, -0.1) is 0 Å². The van der Waals surface area contributed by atoms with E-state index < -0.39 is 23.2 Å². The molecule has 0 amide bonds. The maximum Gasteiger partial charge on any atom is 0.331 e. The summed E-state index contributed by atoms with van der Waals surface area (Å²) >= 11 is 0. The summed E-state index contributed by atoms with van der Waals surface area (Å²) in [5, 5.41) is 18.9. The number of carbonyl (C=O) groups is 2. The van der Waals surface area contributed by atoms with Crippen LogP contribution >= 0.6 is 0 Å². The van der Waals surface area contributed by atoms with E-state index in [4.69, 9.17) is 0 Å². The van der Waals surface area contributed by atoms with Gasteiger partial charge in [0.15, 0.2) is 0 Å². The van der Waals surface area contributed by atoms with Crippen LogP contribution in [0.5, 0.6) is 0 Å². The molecule has 0 aromatic heterocycles. The molecule has 0 aliphatic heterocycles. The zero-order chi connectivity index (χ0) is 15.8. The van der Waals surface area contributed by atoms with E-state index >= 15 is 0 Å². The zero-order valence-corrected chi connectivity index (χ0v) is 11.7. The fourth-order valence-electron chi connectivity index (χ4n) is 2.63. The third-order valence-corrected chi connectivity index (χ3v) is 3.94. The lowest BCUT2D eigenvalue weighted by Crippen LogP contribution is -2.38. The van der Waals surface area contributed by atoms with Crippen molar-refractivity contribution in [3.8, 4) is 0 Å². The number of carboxylic acid groups (broad SMARTS) is 2. The Morgan fingerprint density at radius 2 is 1.90 bits per heavy atom. The van der Waals surface area contributed by atoms with Crippen LogP contribution in [0.4, 0.5) is 4.39 Å². The Hall–Kier alpha value is -2.43. The summed E-state index contributed by atoms with van der Waals surface area (Å²) in [5.74, 6) is -2.86. The fourth-order valence-corrected chi connectivity index (χ4v) is 2.63. The summed E-state index contributed by atoms with van der Waals surface area (Å²) in [4.78, 5) is 23.1. The van der Waals surface area contributed by atoms with Gasteiger partial charge < -0.3 is 10.2 Å². The Labute approximate surface area is 121 Å². The van der Waals surface area contributed by atoms with Crippen LogP contribution in [-0.4, -0.2) is 22.2 Å². The molecule has 21 heavy (non-hydrogen) atoms. The largest absolute Gasteiger partial charge is 0.480 e. The Balaban J connectivity index is 2.66. The monoisotopic (exact) mass is 290 g/mol. The van der Waals surface area contributed by atoms with Crippen LogP contribution in [-0.2, 0) is 15.0 Å². The first kappa shape index (κ1) is 15.0. The van der Waals surface area contributed by atoms with E-state index in [1.807, 2.05) is 0 Å².